The van der Waals surface area contributed by atoms with Gasteiger partial charge in [-0.1, -0.05) is 23.2 Å². The van der Waals surface area contributed by atoms with Crippen molar-refractivity contribution >= 4 is 39.0 Å². The second kappa shape index (κ2) is 6.40. The monoisotopic (exact) mass is 388 g/mol. The lowest BCUT2D eigenvalue weighted by atomic mass is 10.1. The minimum atomic E-state index is -3.41. The highest BCUT2D eigenvalue weighted by molar-refractivity contribution is 7.90. The van der Waals surface area contributed by atoms with Crippen molar-refractivity contribution in [3.8, 4) is 0 Å². The Kier molecular flexibility index (Phi) is 4.60. The number of rotatable bonds is 3. The van der Waals surface area contributed by atoms with E-state index < -0.39 is 9.84 Å². The first-order valence-corrected chi connectivity index (χ1v) is 9.63. The van der Waals surface area contributed by atoms with Gasteiger partial charge in [-0.05, 0) is 0 Å². The predicted molar refractivity (Wildman–Crippen MR) is 89.4 cm³/mol. The molecule has 0 saturated heterocycles. The summed E-state index contributed by atoms with van der Waals surface area (Å²) in [6.07, 6.45) is 3.24. The maximum absolute atomic E-state index is 11.5. The number of anilines is 1. The summed E-state index contributed by atoms with van der Waals surface area (Å²) >= 11 is 12.2. The fourth-order valence-electron chi connectivity index (χ4n) is 2.47. The van der Waals surface area contributed by atoms with Crippen molar-refractivity contribution < 1.29 is 8.42 Å². The molecular weight excluding hydrogens is 375 g/mol. The van der Waals surface area contributed by atoms with Crippen molar-refractivity contribution in [3.63, 3.8) is 0 Å². The van der Waals surface area contributed by atoms with Gasteiger partial charge in [0.1, 0.15) is 10.3 Å². The molecule has 11 heteroatoms. The highest BCUT2D eigenvalue weighted by Gasteiger charge is 2.23. The zero-order valence-corrected chi connectivity index (χ0v) is 15.0. The molecular formula is C13H14Cl2N6O2S. The van der Waals surface area contributed by atoms with Crippen LogP contribution in [0.1, 0.15) is 16.8 Å². The Morgan fingerprint density at radius 2 is 1.92 bits per heavy atom. The fraction of sp³-hybridized carbons (Fsp3) is 0.385. The molecule has 24 heavy (non-hydrogen) atoms. The van der Waals surface area contributed by atoms with Crippen molar-refractivity contribution in [1.82, 2.24) is 24.8 Å². The summed E-state index contributed by atoms with van der Waals surface area (Å²) in [7, 11) is -3.41. The zero-order chi connectivity index (χ0) is 17.5. The average molecular weight is 389 g/mol. The molecule has 0 aliphatic carbocycles. The van der Waals surface area contributed by atoms with E-state index in [1.54, 1.807) is 6.20 Å². The third-order valence-corrected chi connectivity index (χ3v) is 5.11. The van der Waals surface area contributed by atoms with Gasteiger partial charge < -0.3 is 5.73 Å². The molecule has 0 spiro atoms. The first-order chi connectivity index (χ1) is 11.2. The molecule has 2 aromatic rings. The van der Waals surface area contributed by atoms with Crippen LogP contribution in [0.2, 0.25) is 10.3 Å². The predicted octanol–water partition coefficient (Wildman–Crippen LogP) is 1.12. The van der Waals surface area contributed by atoms with E-state index in [9.17, 15) is 8.42 Å². The summed E-state index contributed by atoms with van der Waals surface area (Å²) < 4.78 is 23.1. The van der Waals surface area contributed by atoms with Crippen LogP contribution >= 0.6 is 23.2 Å². The van der Waals surface area contributed by atoms with E-state index in [1.807, 2.05) is 0 Å². The molecule has 0 unspecified atom stereocenters. The first kappa shape index (κ1) is 17.3. The standard InChI is InChI=1S/C13H14Cl2N6O2S/c1-24(22,23)13-17-4-7-5-21(3-2-9(7)18-13)6-8-10(14)19-12(16)20-11(8)15/h4H,2-3,5-6H2,1H3,(H2,16,19,20). The lowest BCUT2D eigenvalue weighted by Crippen LogP contribution is -2.31. The molecule has 3 rings (SSSR count). The Labute approximate surface area is 149 Å². The minimum absolute atomic E-state index is 0.0273. The molecule has 1 aliphatic rings. The van der Waals surface area contributed by atoms with Crippen molar-refractivity contribution in [3.05, 3.63) is 33.3 Å². The molecule has 0 bridgehead atoms. The van der Waals surface area contributed by atoms with Gasteiger partial charge in [0.15, 0.2) is 0 Å². The molecule has 0 fully saturated rings. The van der Waals surface area contributed by atoms with Crippen molar-refractivity contribution in [2.45, 2.75) is 24.7 Å². The number of nitrogens with two attached hydrogens (primary N) is 1. The Morgan fingerprint density at radius 3 is 2.54 bits per heavy atom. The molecule has 0 saturated carbocycles. The third-order valence-electron chi connectivity index (χ3n) is 3.63. The van der Waals surface area contributed by atoms with E-state index >= 15 is 0 Å². The number of fused-ring (bicyclic) bond motifs is 1. The van der Waals surface area contributed by atoms with E-state index in [4.69, 9.17) is 28.9 Å². The van der Waals surface area contributed by atoms with Crippen LogP contribution in [0.25, 0.3) is 0 Å². The van der Waals surface area contributed by atoms with Crippen molar-refractivity contribution in [1.29, 1.82) is 0 Å². The number of hydrogen-bond donors (Lipinski definition) is 1. The third kappa shape index (κ3) is 3.59. The summed E-state index contributed by atoms with van der Waals surface area (Å²) in [6, 6.07) is 0. The van der Waals surface area contributed by atoms with Crippen LogP contribution in [0.4, 0.5) is 5.95 Å². The van der Waals surface area contributed by atoms with Crippen LogP contribution in [-0.4, -0.2) is 46.1 Å². The fourth-order valence-corrected chi connectivity index (χ4v) is 3.51. The molecule has 0 radical (unpaired) electrons. The van der Waals surface area contributed by atoms with Crippen molar-refractivity contribution in [2.75, 3.05) is 18.5 Å². The van der Waals surface area contributed by atoms with Gasteiger partial charge in [-0.2, -0.15) is 0 Å². The Balaban J connectivity index is 1.81. The van der Waals surface area contributed by atoms with Gasteiger partial charge in [0.05, 0.1) is 5.69 Å². The Hall–Kier alpha value is -1.55. The van der Waals surface area contributed by atoms with E-state index in [0.717, 1.165) is 17.5 Å². The number of hydrogen-bond acceptors (Lipinski definition) is 8. The largest absolute Gasteiger partial charge is 0.368 e. The summed E-state index contributed by atoms with van der Waals surface area (Å²) in [5, 5.41) is 0.302. The van der Waals surface area contributed by atoms with Crippen LogP contribution in [0.15, 0.2) is 11.4 Å². The van der Waals surface area contributed by atoms with Crippen LogP contribution in [0.5, 0.6) is 0 Å². The molecule has 3 heterocycles. The number of nitrogen functional groups attached to an aromatic ring is 1. The van der Waals surface area contributed by atoms with Gasteiger partial charge in [-0.3, -0.25) is 4.90 Å². The Morgan fingerprint density at radius 1 is 1.25 bits per heavy atom. The normalized spacial score (nSPS) is 15.3. The summed E-state index contributed by atoms with van der Waals surface area (Å²) in [6.45, 7) is 1.67. The quantitative estimate of drug-likeness (QED) is 0.613. The molecule has 0 aromatic carbocycles. The SMILES string of the molecule is CS(=O)(=O)c1ncc2c(n1)CCN(Cc1c(Cl)nc(N)nc1Cl)C2. The first-order valence-electron chi connectivity index (χ1n) is 6.98. The number of nitrogens with zero attached hydrogens (tertiary/aromatic N) is 5. The molecule has 0 atom stereocenters. The van der Waals surface area contributed by atoms with E-state index in [2.05, 4.69) is 24.8 Å². The van der Waals surface area contributed by atoms with E-state index in [0.29, 0.717) is 31.6 Å². The van der Waals surface area contributed by atoms with Crippen LogP contribution in [-0.2, 0) is 29.3 Å². The topological polar surface area (TPSA) is 115 Å². The maximum atomic E-state index is 11.5. The smallest absolute Gasteiger partial charge is 0.246 e. The summed E-state index contributed by atoms with van der Waals surface area (Å²) in [5.41, 5.74) is 7.72. The van der Waals surface area contributed by atoms with Crippen molar-refractivity contribution in [2.24, 2.45) is 0 Å². The average Bonchev–Trinajstić information content (AvgIpc) is 2.49. The minimum Gasteiger partial charge on any atom is -0.368 e. The molecule has 8 nitrogen and oxygen atoms in total. The Bertz CT molecular complexity index is 882. The second-order valence-corrected chi connectivity index (χ2v) is 8.12. The van der Waals surface area contributed by atoms with Gasteiger partial charge in [-0.15, -0.1) is 0 Å². The van der Waals surface area contributed by atoms with Crippen LogP contribution in [0, 0.1) is 0 Å². The highest BCUT2D eigenvalue weighted by atomic mass is 35.5. The molecule has 128 valence electrons. The number of aromatic nitrogens is 4. The van der Waals surface area contributed by atoms with Gasteiger partial charge >= 0.3 is 0 Å². The second-order valence-electron chi connectivity index (χ2n) is 5.50. The summed E-state index contributed by atoms with van der Waals surface area (Å²) in [4.78, 5) is 18.0. The van der Waals surface area contributed by atoms with Gasteiger partial charge in [0.25, 0.3) is 0 Å². The molecule has 0 amide bonds. The summed E-state index contributed by atoms with van der Waals surface area (Å²) in [5.74, 6) is 0.0273. The van der Waals surface area contributed by atoms with Gasteiger partial charge in [0.2, 0.25) is 20.9 Å². The molecule has 2 N–H and O–H groups in total. The van der Waals surface area contributed by atoms with Gasteiger partial charge in [0, 0.05) is 49.6 Å². The van der Waals surface area contributed by atoms with Crippen LogP contribution in [0.3, 0.4) is 0 Å². The van der Waals surface area contributed by atoms with Crippen LogP contribution < -0.4 is 5.73 Å². The lowest BCUT2D eigenvalue weighted by molar-refractivity contribution is 0.241. The maximum Gasteiger partial charge on any atom is 0.246 e. The number of sulfone groups is 1. The van der Waals surface area contributed by atoms with Gasteiger partial charge in [-0.25, -0.2) is 28.4 Å². The number of halogens is 2. The molecule has 2 aromatic heterocycles. The highest BCUT2D eigenvalue weighted by Crippen LogP contribution is 2.26. The lowest BCUT2D eigenvalue weighted by Gasteiger charge is -2.28. The zero-order valence-electron chi connectivity index (χ0n) is 12.7. The van der Waals surface area contributed by atoms with E-state index in [-0.39, 0.29) is 21.4 Å². The molecule has 1 aliphatic heterocycles. The van der Waals surface area contributed by atoms with E-state index in [1.165, 1.54) is 0 Å².